The Morgan fingerprint density at radius 3 is 2.63 bits per heavy atom. The molecule has 158 valence electrons. The summed E-state index contributed by atoms with van der Waals surface area (Å²) in [7, 11) is -3.64. The predicted octanol–water partition coefficient (Wildman–Crippen LogP) is 4.55. The number of hydrogen-bond donors (Lipinski definition) is 2. The third kappa shape index (κ3) is 4.46. The lowest BCUT2D eigenvalue weighted by molar-refractivity contribution is -0.125. The van der Waals surface area contributed by atoms with Crippen LogP contribution < -0.4 is 10.0 Å². The number of nitrogens with zero attached hydrogens (tertiary/aromatic N) is 1. The molecule has 1 aliphatic rings. The van der Waals surface area contributed by atoms with Gasteiger partial charge in [-0.1, -0.05) is 25.0 Å². The fourth-order valence-corrected chi connectivity index (χ4v) is 5.63. The van der Waals surface area contributed by atoms with Crippen molar-refractivity contribution in [2.45, 2.75) is 32.1 Å². The van der Waals surface area contributed by atoms with E-state index in [4.69, 9.17) is 0 Å². The molecule has 0 unspecified atom stereocenters. The summed E-state index contributed by atoms with van der Waals surface area (Å²) in [6, 6.07) is 11.8. The van der Waals surface area contributed by atoms with Gasteiger partial charge in [0.25, 0.3) is 0 Å². The van der Waals surface area contributed by atoms with Crippen molar-refractivity contribution in [3.8, 4) is 0 Å². The maximum Gasteiger partial charge on any atom is 0.231 e. The van der Waals surface area contributed by atoms with Crippen molar-refractivity contribution >= 4 is 48.9 Å². The van der Waals surface area contributed by atoms with Gasteiger partial charge in [-0.25, -0.2) is 17.8 Å². The number of thiazole rings is 1. The fourth-order valence-electron chi connectivity index (χ4n) is 3.97. The van der Waals surface area contributed by atoms with Crippen molar-refractivity contribution in [3.63, 3.8) is 0 Å². The molecule has 0 atom stereocenters. The van der Waals surface area contributed by atoms with Crippen molar-refractivity contribution < 1.29 is 17.6 Å². The molecule has 1 saturated carbocycles. The van der Waals surface area contributed by atoms with Crippen molar-refractivity contribution in [2.24, 2.45) is 5.41 Å². The fraction of sp³-hybridized carbons (Fsp3) is 0.333. The number of halogens is 1. The highest BCUT2D eigenvalue weighted by Gasteiger charge is 2.42. The average molecular weight is 448 g/mol. The van der Waals surface area contributed by atoms with Crippen LogP contribution in [0, 0.1) is 11.2 Å². The molecule has 1 amide bonds. The van der Waals surface area contributed by atoms with Crippen LogP contribution >= 0.6 is 11.3 Å². The van der Waals surface area contributed by atoms with E-state index in [-0.39, 0.29) is 11.6 Å². The molecule has 1 aliphatic carbocycles. The van der Waals surface area contributed by atoms with E-state index >= 15 is 0 Å². The molecular formula is C21H22FN3O3S2. The van der Waals surface area contributed by atoms with Crippen molar-refractivity contribution in [2.75, 3.05) is 16.3 Å². The first-order valence-electron chi connectivity index (χ1n) is 9.67. The second-order valence-electron chi connectivity index (χ2n) is 7.76. The molecule has 0 radical (unpaired) electrons. The monoisotopic (exact) mass is 447 g/mol. The third-order valence-electron chi connectivity index (χ3n) is 5.39. The number of fused-ring (bicyclic) bond motifs is 1. The minimum Gasteiger partial charge on any atom is -0.326 e. The van der Waals surface area contributed by atoms with Gasteiger partial charge >= 0.3 is 0 Å². The molecule has 0 bridgehead atoms. The number of sulfonamides is 1. The number of hydrogen-bond acceptors (Lipinski definition) is 5. The van der Waals surface area contributed by atoms with E-state index in [1.165, 1.54) is 12.1 Å². The Morgan fingerprint density at radius 2 is 1.93 bits per heavy atom. The largest absolute Gasteiger partial charge is 0.326 e. The number of nitrogens with one attached hydrogen (secondary N) is 2. The first-order chi connectivity index (χ1) is 14.2. The zero-order valence-electron chi connectivity index (χ0n) is 16.4. The third-order valence-corrected chi connectivity index (χ3v) is 7.02. The van der Waals surface area contributed by atoms with Crippen LogP contribution in [0.25, 0.3) is 10.2 Å². The van der Waals surface area contributed by atoms with Crippen LogP contribution in [-0.2, 0) is 21.2 Å². The molecule has 1 heterocycles. The molecule has 3 aromatic rings. The predicted molar refractivity (Wildman–Crippen MR) is 118 cm³/mol. The van der Waals surface area contributed by atoms with E-state index < -0.39 is 21.3 Å². The number of para-hydroxylation sites is 1. The standard InChI is InChI=1S/C21H22FN3O3S2/c1-30(27,28)25-17-12-14(8-9-15(17)22)23-20(26)21(10-4-5-11-21)13-19-24-16-6-2-3-7-18(16)29-19/h2-3,6-9,12,25H,4-5,10-11,13H2,1H3,(H,23,26). The maximum absolute atomic E-state index is 14.0. The first kappa shape index (κ1) is 20.7. The van der Waals surface area contributed by atoms with E-state index in [2.05, 4.69) is 15.0 Å². The maximum atomic E-state index is 14.0. The van der Waals surface area contributed by atoms with Crippen LogP contribution in [0.15, 0.2) is 42.5 Å². The van der Waals surface area contributed by atoms with Gasteiger partial charge in [-0.15, -0.1) is 11.3 Å². The van der Waals surface area contributed by atoms with Crippen molar-refractivity contribution in [1.29, 1.82) is 0 Å². The van der Waals surface area contributed by atoms with Crippen LogP contribution in [0.2, 0.25) is 0 Å². The summed E-state index contributed by atoms with van der Waals surface area (Å²) in [6.07, 6.45) is 4.93. The number of carbonyl (C=O) groups is 1. The van der Waals surface area contributed by atoms with E-state index in [1.807, 2.05) is 24.3 Å². The van der Waals surface area contributed by atoms with E-state index in [0.717, 1.165) is 53.2 Å². The van der Waals surface area contributed by atoms with E-state index in [0.29, 0.717) is 12.1 Å². The number of rotatable bonds is 6. The molecule has 2 N–H and O–H groups in total. The van der Waals surface area contributed by atoms with Gasteiger partial charge in [0.1, 0.15) is 5.82 Å². The van der Waals surface area contributed by atoms with Crippen LogP contribution in [0.3, 0.4) is 0 Å². The SMILES string of the molecule is CS(=O)(=O)Nc1cc(NC(=O)C2(Cc3nc4ccccc4s3)CCCC2)ccc1F. The lowest BCUT2D eigenvalue weighted by Crippen LogP contribution is -2.35. The molecule has 30 heavy (non-hydrogen) atoms. The topological polar surface area (TPSA) is 88.2 Å². The molecular weight excluding hydrogens is 425 g/mol. The van der Waals surface area contributed by atoms with Gasteiger partial charge in [-0.2, -0.15) is 0 Å². The molecule has 1 fully saturated rings. The summed E-state index contributed by atoms with van der Waals surface area (Å²) in [5.74, 6) is -0.848. The Morgan fingerprint density at radius 1 is 1.20 bits per heavy atom. The lowest BCUT2D eigenvalue weighted by Gasteiger charge is -2.27. The highest BCUT2D eigenvalue weighted by molar-refractivity contribution is 7.92. The Bertz CT molecular complexity index is 1170. The summed E-state index contributed by atoms with van der Waals surface area (Å²) in [5.41, 5.74) is 0.512. The minimum atomic E-state index is -3.64. The summed E-state index contributed by atoms with van der Waals surface area (Å²) in [4.78, 5) is 18.0. The van der Waals surface area contributed by atoms with Gasteiger partial charge < -0.3 is 5.32 Å². The molecule has 4 rings (SSSR count). The second kappa shape index (κ2) is 7.96. The molecule has 0 aliphatic heterocycles. The number of amides is 1. The molecule has 0 spiro atoms. The normalized spacial score (nSPS) is 15.9. The Labute approximate surface area is 178 Å². The van der Waals surface area contributed by atoms with Gasteiger partial charge in [0.2, 0.25) is 15.9 Å². The summed E-state index contributed by atoms with van der Waals surface area (Å²) in [6.45, 7) is 0. The summed E-state index contributed by atoms with van der Waals surface area (Å²) < 4.78 is 40.1. The van der Waals surface area contributed by atoms with Crippen LogP contribution in [0.4, 0.5) is 15.8 Å². The number of benzene rings is 2. The highest BCUT2D eigenvalue weighted by Crippen LogP contribution is 2.43. The molecule has 2 aromatic carbocycles. The Hall–Kier alpha value is -2.52. The lowest BCUT2D eigenvalue weighted by atomic mass is 9.81. The Balaban J connectivity index is 1.57. The number of anilines is 2. The molecule has 1 aromatic heterocycles. The van der Waals surface area contributed by atoms with Crippen LogP contribution in [0.5, 0.6) is 0 Å². The molecule has 9 heteroatoms. The second-order valence-corrected chi connectivity index (χ2v) is 10.6. The van der Waals surface area contributed by atoms with Crippen molar-refractivity contribution in [3.05, 3.63) is 53.3 Å². The van der Waals surface area contributed by atoms with E-state index in [1.54, 1.807) is 11.3 Å². The average Bonchev–Trinajstić information content (AvgIpc) is 3.30. The summed E-state index contributed by atoms with van der Waals surface area (Å²) in [5, 5.41) is 3.79. The van der Waals surface area contributed by atoms with Crippen LogP contribution in [0.1, 0.15) is 30.7 Å². The van der Waals surface area contributed by atoms with E-state index in [9.17, 15) is 17.6 Å². The van der Waals surface area contributed by atoms with Gasteiger partial charge in [0, 0.05) is 12.1 Å². The van der Waals surface area contributed by atoms with Crippen LogP contribution in [-0.4, -0.2) is 25.6 Å². The molecule has 0 saturated heterocycles. The summed E-state index contributed by atoms with van der Waals surface area (Å²) >= 11 is 1.60. The number of aromatic nitrogens is 1. The number of carbonyl (C=O) groups excluding carboxylic acids is 1. The van der Waals surface area contributed by atoms with Gasteiger partial charge in [-0.05, 0) is 43.2 Å². The van der Waals surface area contributed by atoms with Gasteiger partial charge in [-0.3, -0.25) is 9.52 Å². The highest BCUT2D eigenvalue weighted by atomic mass is 32.2. The molecule has 6 nitrogen and oxygen atoms in total. The Kier molecular flexibility index (Phi) is 5.50. The quantitative estimate of drug-likeness (QED) is 0.580. The zero-order valence-corrected chi connectivity index (χ0v) is 18.1. The van der Waals surface area contributed by atoms with Gasteiger partial charge in [0.15, 0.2) is 0 Å². The zero-order chi connectivity index (χ0) is 21.4. The minimum absolute atomic E-state index is 0.142. The smallest absolute Gasteiger partial charge is 0.231 e. The van der Waals surface area contributed by atoms with Gasteiger partial charge in [0.05, 0.1) is 32.6 Å². The van der Waals surface area contributed by atoms with Crippen molar-refractivity contribution in [1.82, 2.24) is 4.98 Å². The first-order valence-corrected chi connectivity index (χ1v) is 12.4.